The van der Waals surface area contributed by atoms with Crippen LogP contribution in [-0.4, -0.2) is 20.7 Å². The summed E-state index contributed by atoms with van der Waals surface area (Å²) >= 11 is 0. The first-order valence-electron chi connectivity index (χ1n) is 6.87. The van der Waals surface area contributed by atoms with E-state index in [2.05, 4.69) is 29.2 Å². The first kappa shape index (κ1) is 14.2. The number of aromatic nitrogens is 3. The van der Waals surface area contributed by atoms with Crippen molar-refractivity contribution in [3.05, 3.63) is 42.4 Å². The number of rotatable bonds is 6. The molecule has 20 heavy (non-hydrogen) atoms. The van der Waals surface area contributed by atoms with E-state index in [1.54, 1.807) is 17.1 Å². The van der Waals surface area contributed by atoms with Crippen molar-refractivity contribution in [1.82, 2.24) is 20.1 Å². The normalized spacial score (nSPS) is 10.8. The van der Waals surface area contributed by atoms with Crippen LogP contribution in [0.5, 0.6) is 0 Å². The number of hydrogen-bond acceptors (Lipinski definition) is 3. The summed E-state index contributed by atoms with van der Waals surface area (Å²) in [5, 5.41) is 7.11. The van der Waals surface area contributed by atoms with E-state index in [4.69, 9.17) is 0 Å². The van der Waals surface area contributed by atoms with Crippen molar-refractivity contribution in [1.29, 1.82) is 0 Å². The van der Waals surface area contributed by atoms with Crippen LogP contribution in [-0.2, 0) is 11.3 Å². The van der Waals surface area contributed by atoms with Crippen LogP contribution in [0.2, 0.25) is 0 Å². The summed E-state index contributed by atoms with van der Waals surface area (Å²) in [6.45, 7) is 4.70. The van der Waals surface area contributed by atoms with Crippen LogP contribution in [0, 0.1) is 5.92 Å². The predicted octanol–water partition coefficient (Wildman–Crippen LogP) is 2.32. The Kier molecular flexibility index (Phi) is 4.87. The van der Waals surface area contributed by atoms with Crippen molar-refractivity contribution in [3.8, 4) is 5.82 Å². The average molecular weight is 272 g/mol. The molecule has 0 bridgehead atoms. The van der Waals surface area contributed by atoms with Gasteiger partial charge >= 0.3 is 0 Å². The molecule has 0 unspecified atom stereocenters. The van der Waals surface area contributed by atoms with Gasteiger partial charge in [-0.05, 0) is 24.5 Å². The lowest BCUT2D eigenvalue weighted by Crippen LogP contribution is -2.23. The second-order valence-electron chi connectivity index (χ2n) is 5.15. The van der Waals surface area contributed by atoms with Crippen molar-refractivity contribution in [2.45, 2.75) is 33.2 Å². The number of nitrogens with zero attached hydrogens (tertiary/aromatic N) is 3. The van der Waals surface area contributed by atoms with Gasteiger partial charge in [0.1, 0.15) is 0 Å². The second kappa shape index (κ2) is 6.84. The summed E-state index contributed by atoms with van der Waals surface area (Å²) in [4.78, 5) is 16.1. The summed E-state index contributed by atoms with van der Waals surface area (Å²) in [5.41, 5.74) is 0.953. The minimum absolute atomic E-state index is 0.0777. The van der Waals surface area contributed by atoms with E-state index in [1.807, 2.05) is 24.4 Å². The zero-order valence-electron chi connectivity index (χ0n) is 11.9. The first-order valence-corrected chi connectivity index (χ1v) is 6.87. The van der Waals surface area contributed by atoms with Crippen molar-refractivity contribution in [2.24, 2.45) is 5.92 Å². The second-order valence-corrected chi connectivity index (χ2v) is 5.15. The molecule has 2 aromatic heterocycles. The highest BCUT2D eigenvalue weighted by atomic mass is 16.1. The van der Waals surface area contributed by atoms with Crippen LogP contribution >= 0.6 is 0 Å². The van der Waals surface area contributed by atoms with Gasteiger partial charge in [-0.1, -0.05) is 19.9 Å². The lowest BCUT2D eigenvalue weighted by atomic mass is 10.1. The third kappa shape index (κ3) is 3.91. The van der Waals surface area contributed by atoms with Gasteiger partial charge in [-0.3, -0.25) is 4.79 Å². The molecule has 0 aromatic carbocycles. The molecule has 0 fully saturated rings. The molecule has 2 aromatic rings. The maximum absolute atomic E-state index is 11.8. The first-order chi connectivity index (χ1) is 9.66. The van der Waals surface area contributed by atoms with Gasteiger partial charge in [0, 0.05) is 37.1 Å². The van der Waals surface area contributed by atoms with Crippen molar-refractivity contribution >= 4 is 5.91 Å². The van der Waals surface area contributed by atoms with E-state index in [0.29, 0.717) is 18.9 Å². The molecule has 0 saturated heterocycles. The van der Waals surface area contributed by atoms with Gasteiger partial charge in [-0.2, -0.15) is 5.10 Å². The van der Waals surface area contributed by atoms with Crippen molar-refractivity contribution in [3.63, 3.8) is 0 Å². The van der Waals surface area contributed by atoms with E-state index in [0.717, 1.165) is 17.8 Å². The number of carbonyl (C=O) groups excluding carboxylic acids is 1. The van der Waals surface area contributed by atoms with E-state index < -0.39 is 0 Å². The van der Waals surface area contributed by atoms with E-state index in [9.17, 15) is 4.79 Å². The third-order valence-electron chi connectivity index (χ3n) is 3.01. The maximum atomic E-state index is 11.8. The summed E-state index contributed by atoms with van der Waals surface area (Å²) in [5.74, 6) is 1.37. The highest BCUT2D eigenvalue weighted by Crippen LogP contribution is 2.10. The SMILES string of the molecule is CC(C)CCC(=O)NCc1cccnc1-n1cccn1. The van der Waals surface area contributed by atoms with E-state index >= 15 is 0 Å². The smallest absolute Gasteiger partial charge is 0.220 e. The number of amides is 1. The molecule has 0 spiro atoms. The Morgan fingerprint density at radius 2 is 2.20 bits per heavy atom. The quantitative estimate of drug-likeness (QED) is 0.878. The molecule has 5 nitrogen and oxygen atoms in total. The fraction of sp³-hybridized carbons (Fsp3) is 0.400. The van der Waals surface area contributed by atoms with Crippen LogP contribution in [0.25, 0.3) is 5.82 Å². The van der Waals surface area contributed by atoms with Crippen LogP contribution in [0.4, 0.5) is 0 Å². The van der Waals surface area contributed by atoms with Crippen molar-refractivity contribution in [2.75, 3.05) is 0 Å². The van der Waals surface area contributed by atoms with Gasteiger partial charge in [0.2, 0.25) is 5.91 Å². The van der Waals surface area contributed by atoms with Crippen LogP contribution in [0.1, 0.15) is 32.3 Å². The minimum Gasteiger partial charge on any atom is -0.352 e. The Hall–Kier alpha value is -2.17. The predicted molar refractivity (Wildman–Crippen MR) is 77.3 cm³/mol. The monoisotopic (exact) mass is 272 g/mol. The maximum Gasteiger partial charge on any atom is 0.220 e. The molecule has 5 heteroatoms. The van der Waals surface area contributed by atoms with Gasteiger partial charge in [0.05, 0.1) is 0 Å². The van der Waals surface area contributed by atoms with E-state index in [1.165, 1.54) is 0 Å². The number of nitrogens with one attached hydrogen (secondary N) is 1. The minimum atomic E-state index is 0.0777. The Bertz CT molecular complexity index is 549. The van der Waals surface area contributed by atoms with Gasteiger partial charge in [-0.15, -0.1) is 0 Å². The summed E-state index contributed by atoms with van der Waals surface area (Å²) < 4.78 is 1.70. The Labute approximate surface area is 119 Å². The molecule has 0 aliphatic rings. The fourth-order valence-electron chi connectivity index (χ4n) is 1.87. The topological polar surface area (TPSA) is 59.8 Å². The molecule has 0 atom stereocenters. The van der Waals surface area contributed by atoms with Crippen LogP contribution in [0.15, 0.2) is 36.8 Å². The highest BCUT2D eigenvalue weighted by molar-refractivity contribution is 5.75. The molecule has 2 heterocycles. The number of hydrogen-bond donors (Lipinski definition) is 1. The molecule has 0 aliphatic heterocycles. The zero-order chi connectivity index (χ0) is 14.4. The molecule has 1 N–H and O–H groups in total. The Balaban J connectivity index is 1.98. The average Bonchev–Trinajstić information content (AvgIpc) is 2.97. The molecule has 0 radical (unpaired) electrons. The summed E-state index contributed by atoms with van der Waals surface area (Å²) in [6.07, 6.45) is 6.74. The number of carbonyl (C=O) groups is 1. The standard InChI is InChI=1S/C15H20N4O/c1-12(2)6-7-14(20)17-11-13-5-3-8-16-15(13)19-10-4-9-18-19/h3-5,8-10,12H,6-7,11H2,1-2H3,(H,17,20). The molecule has 106 valence electrons. The van der Waals surface area contributed by atoms with Gasteiger partial charge in [0.25, 0.3) is 0 Å². The molecular formula is C15H20N4O. The summed E-state index contributed by atoms with van der Waals surface area (Å²) in [6, 6.07) is 5.66. The molecule has 1 amide bonds. The molecule has 0 saturated carbocycles. The highest BCUT2D eigenvalue weighted by Gasteiger charge is 2.08. The molecular weight excluding hydrogens is 252 g/mol. The lowest BCUT2D eigenvalue weighted by molar-refractivity contribution is -0.121. The van der Waals surface area contributed by atoms with Gasteiger partial charge < -0.3 is 5.32 Å². The Morgan fingerprint density at radius 3 is 2.90 bits per heavy atom. The summed E-state index contributed by atoms with van der Waals surface area (Å²) in [7, 11) is 0. The van der Waals surface area contributed by atoms with E-state index in [-0.39, 0.29) is 5.91 Å². The molecule has 2 rings (SSSR count). The molecule has 0 aliphatic carbocycles. The third-order valence-corrected chi connectivity index (χ3v) is 3.01. The zero-order valence-corrected chi connectivity index (χ0v) is 11.9. The lowest BCUT2D eigenvalue weighted by Gasteiger charge is -2.10. The van der Waals surface area contributed by atoms with Crippen LogP contribution in [0.3, 0.4) is 0 Å². The van der Waals surface area contributed by atoms with Crippen LogP contribution < -0.4 is 5.32 Å². The largest absolute Gasteiger partial charge is 0.352 e. The fourth-order valence-corrected chi connectivity index (χ4v) is 1.87. The van der Waals surface area contributed by atoms with Crippen molar-refractivity contribution < 1.29 is 4.79 Å². The van der Waals surface area contributed by atoms with Gasteiger partial charge in [0.15, 0.2) is 5.82 Å². The number of pyridine rings is 1. The Morgan fingerprint density at radius 1 is 1.35 bits per heavy atom. The van der Waals surface area contributed by atoms with Gasteiger partial charge in [-0.25, -0.2) is 9.67 Å².